The average Bonchev–Trinajstić information content (AvgIpc) is 2.46. The van der Waals surface area contributed by atoms with Crippen LogP contribution in [0.1, 0.15) is 51.6 Å². The zero-order valence-corrected chi connectivity index (χ0v) is 13.0. The van der Waals surface area contributed by atoms with Gasteiger partial charge < -0.3 is 20.8 Å². The molecule has 118 valence electrons. The zero-order valence-electron chi connectivity index (χ0n) is 13.0. The molecule has 0 aliphatic carbocycles. The summed E-state index contributed by atoms with van der Waals surface area (Å²) >= 11 is 0. The van der Waals surface area contributed by atoms with Gasteiger partial charge in [0.2, 0.25) is 5.91 Å². The third-order valence-electron chi connectivity index (χ3n) is 3.45. The van der Waals surface area contributed by atoms with Crippen LogP contribution in [0.4, 0.5) is 5.69 Å². The maximum absolute atomic E-state index is 11.6. The molecular formula is C16H26N2O3. The van der Waals surface area contributed by atoms with E-state index in [1.54, 1.807) is 18.2 Å². The van der Waals surface area contributed by atoms with Crippen LogP contribution in [0.3, 0.4) is 0 Å². The molecule has 5 nitrogen and oxygen atoms in total. The summed E-state index contributed by atoms with van der Waals surface area (Å²) in [5, 5.41) is 25.3. The lowest BCUT2D eigenvalue weighted by molar-refractivity contribution is -0.116. The summed E-state index contributed by atoms with van der Waals surface area (Å²) in [7, 11) is 0. The summed E-state index contributed by atoms with van der Waals surface area (Å²) < 4.78 is 0. The number of rotatable bonds is 8. The van der Waals surface area contributed by atoms with Gasteiger partial charge >= 0.3 is 0 Å². The number of aliphatic hydroxyl groups is 1. The molecule has 1 amide bonds. The van der Waals surface area contributed by atoms with Crippen LogP contribution >= 0.6 is 0 Å². The van der Waals surface area contributed by atoms with Gasteiger partial charge in [-0.05, 0) is 38.0 Å². The van der Waals surface area contributed by atoms with Crippen molar-refractivity contribution in [1.29, 1.82) is 0 Å². The van der Waals surface area contributed by atoms with Crippen molar-refractivity contribution < 1.29 is 15.0 Å². The standard InChI is InChI=1S/C16H26N2O3/c1-4-6-16(21)18-13-7-8-15(20)14(9-13)11(3)17-12(5-2)10-19/h7-9,11-12,17,19-20H,4-6,10H2,1-3H3,(H,18,21). The molecule has 0 aliphatic heterocycles. The van der Waals surface area contributed by atoms with Gasteiger partial charge in [-0.15, -0.1) is 0 Å². The quantitative estimate of drug-likeness (QED) is 0.555. The van der Waals surface area contributed by atoms with E-state index in [1.165, 1.54) is 0 Å². The molecule has 0 saturated carbocycles. The van der Waals surface area contributed by atoms with Crippen LogP contribution in [0.5, 0.6) is 5.75 Å². The van der Waals surface area contributed by atoms with Crippen LogP contribution in [-0.4, -0.2) is 28.8 Å². The lowest BCUT2D eigenvalue weighted by Crippen LogP contribution is -2.34. The van der Waals surface area contributed by atoms with Gasteiger partial charge in [0.1, 0.15) is 5.75 Å². The van der Waals surface area contributed by atoms with Gasteiger partial charge in [-0.3, -0.25) is 4.79 Å². The van der Waals surface area contributed by atoms with Gasteiger partial charge in [0.05, 0.1) is 6.61 Å². The summed E-state index contributed by atoms with van der Waals surface area (Å²) in [4.78, 5) is 11.6. The fourth-order valence-corrected chi connectivity index (χ4v) is 2.17. The largest absolute Gasteiger partial charge is 0.508 e. The molecule has 0 bridgehead atoms. The number of phenolic OH excluding ortho intramolecular Hbond substituents is 1. The van der Waals surface area contributed by atoms with Crippen LogP contribution in [0.2, 0.25) is 0 Å². The predicted octanol–water partition coefficient (Wildman–Crippen LogP) is 2.55. The Balaban J connectivity index is 2.83. The summed E-state index contributed by atoms with van der Waals surface area (Å²) in [6.07, 6.45) is 2.07. The van der Waals surface area contributed by atoms with Crippen LogP contribution in [0.25, 0.3) is 0 Å². The van der Waals surface area contributed by atoms with Gasteiger partial charge in [-0.25, -0.2) is 0 Å². The zero-order chi connectivity index (χ0) is 15.8. The van der Waals surface area contributed by atoms with Crippen molar-refractivity contribution in [2.24, 2.45) is 0 Å². The van der Waals surface area contributed by atoms with E-state index in [4.69, 9.17) is 0 Å². The molecule has 1 aromatic rings. The normalized spacial score (nSPS) is 13.7. The van der Waals surface area contributed by atoms with E-state index in [9.17, 15) is 15.0 Å². The first-order chi connectivity index (χ1) is 10.0. The summed E-state index contributed by atoms with van der Waals surface area (Å²) in [5.41, 5.74) is 1.38. The molecule has 0 heterocycles. The van der Waals surface area contributed by atoms with Crippen molar-refractivity contribution in [3.63, 3.8) is 0 Å². The van der Waals surface area contributed by atoms with E-state index in [0.29, 0.717) is 17.7 Å². The fraction of sp³-hybridized carbons (Fsp3) is 0.562. The first-order valence-corrected chi connectivity index (χ1v) is 7.51. The number of carbonyl (C=O) groups is 1. The minimum atomic E-state index is -0.120. The highest BCUT2D eigenvalue weighted by atomic mass is 16.3. The Kier molecular flexibility index (Phi) is 7.19. The molecule has 0 saturated heterocycles. The Morgan fingerprint density at radius 1 is 1.33 bits per heavy atom. The number of carbonyl (C=O) groups excluding carboxylic acids is 1. The van der Waals surface area contributed by atoms with Gasteiger partial charge in [-0.1, -0.05) is 13.8 Å². The number of aliphatic hydroxyl groups excluding tert-OH is 1. The molecule has 21 heavy (non-hydrogen) atoms. The number of phenols is 1. The van der Waals surface area contributed by atoms with Crippen LogP contribution < -0.4 is 10.6 Å². The highest BCUT2D eigenvalue weighted by molar-refractivity contribution is 5.90. The van der Waals surface area contributed by atoms with Gasteiger partial charge in [-0.2, -0.15) is 0 Å². The summed E-state index contributed by atoms with van der Waals surface area (Å²) in [6.45, 7) is 5.91. The highest BCUT2D eigenvalue weighted by Crippen LogP contribution is 2.27. The Hall–Kier alpha value is -1.59. The number of hydrogen-bond donors (Lipinski definition) is 4. The SMILES string of the molecule is CCCC(=O)Nc1ccc(O)c(C(C)NC(CC)CO)c1. The minimum absolute atomic E-state index is 0.0160. The third-order valence-corrected chi connectivity index (χ3v) is 3.45. The maximum atomic E-state index is 11.6. The molecule has 0 spiro atoms. The van der Waals surface area contributed by atoms with E-state index in [0.717, 1.165) is 12.8 Å². The topological polar surface area (TPSA) is 81.6 Å². The molecule has 5 heteroatoms. The second-order valence-corrected chi connectivity index (χ2v) is 5.25. The van der Waals surface area contributed by atoms with Gasteiger partial charge in [0.25, 0.3) is 0 Å². The van der Waals surface area contributed by atoms with E-state index in [1.807, 2.05) is 20.8 Å². The molecule has 0 aromatic heterocycles. The second kappa shape index (κ2) is 8.64. The van der Waals surface area contributed by atoms with Crippen molar-refractivity contribution in [2.75, 3.05) is 11.9 Å². The molecule has 0 aliphatic rings. The smallest absolute Gasteiger partial charge is 0.224 e. The molecule has 1 aromatic carbocycles. The van der Waals surface area contributed by atoms with Gasteiger partial charge in [0, 0.05) is 29.8 Å². The van der Waals surface area contributed by atoms with E-state index >= 15 is 0 Å². The lowest BCUT2D eigenvalue weighted by atomic mass is 10.0. The fourth-order valence-electron chi connectivity index (χ4n) is 2.17. The second-order valence-electron chi connectivity index (χ2n) is 5.25. The Morgan fingerprint density at radius 2 is 2.05 bits per heavy atom. The average molecular weight is 294 g/mol. The van der Waals surface area contributed by atoms with Crippen molar-refractivity contribution in [3.05, 3.63) is 23.8 Å². The Bertz CT molecular complexity index is 459. The van der Waals surface area contributed by atoms with Crippen LogP contribution in [0, 0.1) is 0 Å². The molecule has 0 radical (unpaired) electrons. The van der Waals surface area contributed by atoms with Crippen molar-refractivity contribution in [1.82, 2.24) is 5.32 Å². The first-order valence-electron chi connectivity index (χ1n) is 7.51. The summed E-state index contributed by atoms with van der Waals surface area (Å²) in [6, 6.07) is 4.89. The maximum Gasteiger partial charge on any atom is 0.224 e. The summed E-state index contributed by atoms with van der Waals surface area (Å²) in [5.74, 6) is 0.146. The lowest BCUT2D eigenvalue weighted by Gasteiger charge is -2.22. The monoisotopic (exact) mass is 294 g/mol. The van der Waals surface area contributed by atoms with E-state index < -0.39 is 0 Å². The Labute approximate surface area is 126 Å². The number of amides is 1. The van der Waals surface area contributed by atoms with Crippen molar-refractivity contribution in [3.8, 4) is 5.75 Å². The van der Waals surface area contributed by atoms with Gasteiger partial charge in [0.15, 0.2) is 0 Å². The molecule has 2 unspecified atom stereocenters. The first kappa shape index (κ1) is 17.5. The van der Waals surface area contributed by atoms with Crippen LogP contribution in [0.15, 0.2) is 18.2 Å². The molecular weight excluding hydrogens is 268 g/mol. The number of benzene rings is 1. The number of hydrogen-bond acceptors (Lipinski definition) is 4. The molecule has 2 atom stereocenters. The van der Waals surface area contributed by atoms with E-state index in [-0.39, 0.29) is 30.3 Å². The molecule has 1 rings (SSSR count). The van der Waals surface area contributed by atoms with Crippen LogP contribution in [-0.2, 0) is 4.79 Å². The Morgan fingerprint density at radius 3 is 2.62 bits per heavy atom. The van der Waals surface area contributed by atoms with Crippen molar-refractivity contribution in [2.45, 2.75) is 52.1 Å². The third kappa shape index (κ3) is 5.36. The highest BCUT2D eigenvalue weighted by Gasteiger charge is 2.15. The van der Waals surface area contributed by atoms with E-state index in [2.05, 4.69) is 10.6 Å². The molecule has 0 fully saturated rings. The van der Waals surface area contributed by atoms with Crippen molar-refractivity contribution >= 4 is 11.6 Å². The predicted molar refractivity (Wildman–Crippen MR) is 84.4 cm³/mol. The minimum Gasteiger partial charge on any atom is -0.508 e. The number of aromatic hydroxyl groups is 1. The number of anilines is 1. The molecule has 4 N–H and O–H groups in total. The number of nitrogens with one attached hydrogen (secondary N) is 2.